The number of rotatable bonds is 6. The van der Waals surface area contributed by atoms with Crippen LogP contribution in [0.3, 0.4) is 0 Å². The summed E-state index contributed by atoms with van der Waals surface area (Å²) < 4.78 is 30.6. The van der Waals surface area contributed by atoms with E-state index in [0.717, 1.165) is 22.3 Å². The Bertz CT molecular complexity index is 1070. The predicted molar refractivity (Wildman–Crippen MR) is 106 cm³/mol. The summed E-state index contributed by atoms with van der Waals surface area (Å²) in [7, 11) is -3.44. The van der Waals surface area contributed by atoms with Gasteiger partial charge < -0.3 is 9.32 Å². The molecule has 27 heavy (non-hydrogen) atoms. The summed E-state index contributed by atoms with van der Waals surface area (Å²) in [6.45, 7) is 6.19. The molecule has 3 rings (SSSR count). The number of carbonyl (C=O) groups is 1. The third-order valence-electron chi connectivity index (χ3n) is 4.57. The van der Waals surface area contributed by atoms with E-state index in [2.05, 4.69) is 0 Å². The molecule has 0 saturated heterocycles. The van der Waals surface area contributed by atoms with Crippen molar-refractivity contribution in [1.82, 2.24) is 4.90 Å². The maximum atomic E-state index is 12.8. The van der Waals surface area contributed by atoms with Gasteiger partial charge in [-0.15, -0.1) is 0 Å². The van der Waals surface area contributed by atoms with Crippen molar-refractivity contribution in [3.05, 3.63) is 65.4 Å². The number of hydrogen-bond donors (Lipinski definition) is 0. The molecule has 0 aliphatic rings. The summed E-state index contributed by atoms with van der Waals surface area (Å²) >= 11 is 0. The Morgan fingerprint density at radius 3 is 2.41 bits per heavy atom. The molecule has 1 heterocycles. The summed E-state index contributed by atoms with van der Waals surface area (Å²) in [5, 5.41) is 0.863. The Morgan fingerprint density at radius 2 is 1.74 bits per heavy atom. The molecule has 6 heteroatoms. The molecule has 0 unspecified atom stereocenters. The Morgan fingerprint density at radius 1 is 1.04 bits per heavy atom. The number of amides is 1. The van der Waals surface area contributed by atoms with Crippen molar-refractivity contribution in [2.45, 2.75) is 25.7 Å². The number of benzene rings is 2. The molecule has 0 aliphatic heterocycles. The van der Waals surface area contributed by atoms with Gasteiger partial charge in [0, 0.05) is 24.0 Å². The Hall–Kier alpha value is -2.60. The van der Waals surface area contributed by atoms with Gasteiger partial charge in [0.1, 0.15) is 11.3 Å². The van der Waals surface area contributed by atoms with Crippen LogP contribution in [0.15, 0.2) is 57.8 Å². The monoisotopic (exact) mass is 385 g/mol. The van der Waals surface area contributed by atoms with E-state index in [4.69, 9.17) is 4.42 Å². The zero-order valence-electron chi connectivity index (χ0n) is 15.7. The van der Waals surface area contributed by atoms with Gasteiger partial charge in [-0.25, -0.2) is 8.42 Å². The first-order valence-corrected chi connectivity index (χ1v) is 10.5. The fourth-order valence-corrected chi connectivity index (χ4v) is 4.24. The lowest BCUT2D eigenvalue weighted by atomic mass is 10.1. The SMILES string of the molecule is CCN(CCS(=O)(=O)c1ccc(C)cc1)C(=O)c1ccc2oc(C)cc2c1. The lowest BCUT2D eigenvalue weighted by Gasteiger charge is -2.21. The molecule has 0 aliphatic carbocycles. The maximum absolute atomic E-state index is 12.8. The number of nitrogens with zero attached hydrogens (tertiary/aromatic N) is 1. The molecule has 0 bridgehead atoms. The standard InChI is InChI=1S/C21H23NO4S/c1-4-22(11-12-27(24,25)19-8-5-15(2)6-9-19)21(23)17-7-10-20-18(14-17)13-16(3)26-20/h5-10,13-14H,4,11-12H2,1-3H3. The highest BCUT2D eigenvalue weighted by atomic mass is 32.2. The quantitative estimate of drug-likeness (QED) is 0.643. The van der Waals surface area contributed by atoms with Crippen molar-refractivity contribution in [2.24, 2.45) is 0 Å². The van der Waals surface area contributed by atoms with Crippen LogP contribution in [0.4, 0.5) is 0 Å². The molecule has 1 aromatic heterocycles. The second-order valence-corrected chi connectivity index (χ2v) is 8.74. The van der Waals surface area contributed by atoms with Crippen molar-refractivity contribution in [3.63, 3.8) is 0 Å². The zero-order valence-corrected chi connectivity index (χ0v) is 16.5. The van der Waals surface area contributed by atoms with Gasteiger partial charge in [0.2, 0.25) is 0 Å². The minimum atomic E-state index is -3.44. The first-order chi connectivity index (χ1) is 12.8. The second kappa shape index (κ2) is 7.56. The van der Waals surface area contributed by atoms with Gasteiger partial charge in [-0.1, -0.05) is 17.7 Å². The normalized spacial score (nSPS) is 11.7. The molecule has 0 saturated carbocycles. The fraction of sp³-hybridized carbons (Fsp3) is 0.286. The molecule has 5 nitrogen and oxygen atoms in total. The van der Waals surface area contributed by atoms with Crippen LogP contribution in [0.25, 0.3) is 11.0 Å². The van der Waals surface area contributed by atoms with Crippen molar-refractivity contribution < 1.29 is 17.6 Å². The molecule has 0 spiro atoms. The Kier molecular flexibility index (Phi) is 5.37. The van der Waals surface area contributed by atoms with Gasteiger partial charge in [0.05, 0.1) is 10.6 Å². The van der Waals surface area contributed by atoms with Crippen LogP contribution >= 0.6 is 0 Å². The first-order valence-electron chi connectivity index (χ1n) is 8.89. The minimum Gasteiger partial charge on any atom is -0.461 e. The van der Waals surface area contributed by atoms with Crippen molar-refractivity contribution in [1.29, 1.82) is 0 Å². The lowest BCUT2D eigenvalue weighted by molar-refractivity contribution is 0.0774. The van der Waals surface area contributed by atoms with E-state index in [-0.39, 0.29) is 23.1 Å². The van der Waals surface area contributed by atoms with Crippen LogP contribution in [0.2, 0.25) is 0 Å². The summed E-state index contributed by atoms with van der Waals surface area (Å²) in [4.78, 5) is 14.7. The molecular weight excluding hydrogens is 362 g/mol. The van der Waals surface area contributed by atoms with Crippen LogP contribution in [0.5, 0.6) is 0 Å². The highest BCUT2D eigenvalue weighted by Crippen LogP contribution is 2.21. The highest BCUT2D eigenvalue weighted by Gasteiger charge is 2.20. The van der Waals surface area contributed by atoms with Crippen molar-refractivity contribution in [3.8, 4) is 0 Å². The summed E-state index contributed by atoms with van der Waals surface area (Å²) in [5.41, 5.74) is 2.26. The van der Waals surface area contributed by atoms with E-state index in [9.17, 15) is 13.2 Å². The number of carbonyl (C=O) groups excluding carboxylic acids is 1. The predicted octanol–water partition coefficient (Wildman–Crippen LogP) is 3.99. The molecule has 0 fully saturated rings. The second-order valence-electron chi connectivity index (χ2n) is 6.63. The number of hydrogen-bond acceptors (Lipinski definition) is 4. The molecule has 0 N–H and O–H groups in total. The van der Waals surface area contributed by atoms with E-state index >= 15 is 0 Å². The highest BCUT2D eigenvalue weighted by molar-refractivity contribution is 7.91. The minimum absolute atomic E-state index is 0.108. The maximum Gasteiger partial charge on any atom is 0.253 e. The van der Waals surface area contributed by atoms with Crippen molar-refractivity contribution in [2.75, 3.05) is 18.8 Å². The zero-order chi connectivity index (χ0) is 19.6. The van der Waals surface area contributed by atoms with Gasteiger partial charge in [-0.2, -0.15) is 0 Å². The molecule has 142 valence electrons. The van der Waals surface area contributed by atoms with Crippen LogP contribution < -0.4 is 0 Å². The summed E-state index contributed by atoms with van der Waals surface area (Å²) in [6, 6.07) is 13.9. The largest absolute Gasteiger partial charge is 0.461 e. The van der Waals surface area contributed by atoms with Gasteiger partial charge in [0.25, 0.3) is 5.91 Å². The lowest BCUT2D eigenvalue weighted by Crippen LogP contribution is -2.35. The van der Waals surface area contributed by atoms with Gasteiger partial charge in [0.15, 0.2) is 9.84 Å². The first kappa shape index (κ1) is 19.2. The van der Waals surface area contributed by atoms with Crippen LogP contribution in [0, 0.1) is 13.8 Å². The third kappa shape index (κ3) is 4.22. The number of fused-ring (bicyclic) bond motifs is 1. The fourth-order valence-electron chi connectivity index (χ4n) is 2.99. The van der Waals surface area contributed by atoms with Crippen LogP contribution in [0.1, 0.15) is 28.6 Å². The van der Waals surface area contributed by atoms with Gasteiger partial charge >= 0.3 is 0 Å². The molecule has 0 atom stereocenters. The number of aryl methyl sites for hydroxylation is 2. The average molecular weight is 385 g/mol. The molecule has 2 aromatic carbocycles. The Balaban J connectivity index is 1.75. The van der Waals surface area contributed by atoms with E-state index in [1.54, 1.807) is 47.4 Å². The average Bonchev–Trinajstić information content (AvgIpc) is 3.01. The smallest absolute Gasteiger partial charge is 0.253 e. The number of sulfone groups is 1. The Labute approximate surface area is 159 Å². The molecule has 1 amide bonds. The summed E-state index contributed by atoms with van der Waals surface area (Å²) in [5.74, 6) is 0.492. The number of furan rings is 1. The topological polar surface area (TPSA) is 67.6 Å². The van der Waals surface area contributed by atoms with Crippen LogP contribution in [-0.2, 0) is 9.84 Å². The summed E-state index contributed by atoms with van der Waals surface area (Å²) in [6.07, 6.45) is 0. The van der Waals surface area contributed by atoms with Gasteiger partial charge in [-0.3, -0.25) is 4.79 Å². The molecule has 3 aromatic rings. The molecule has 0 radical (unpaired) electrons. The van der Waals surface area contributed by atoms with Crippen molar-refractivity contribution >= 4 is 26.7 Å². The van der Waals surface area contributed by atoms with Crippen LogP contribution in [-0.4, -0.2) is 38.1 Å². The van der Waals surface area contributed by atoms with E-state index in [1.165, 1.54) is 0 Å². The molecular formula is C21H23NO4S. The third-order valence-corrected chi connectivity index (χ3v) is 6.28. The van der Waals surface area contributed by atoms with Gasteiger partial charge in [-0.05, 0) is 57.2 Å². The van der Waals surface area contributed by atoms with E-state index in [0.29, 0.717) is 12.1 Å². The van der Waals surface area contributed by atoms with E-state index < -0.39 is 9.84 Å². The van der Waals surface area contributed by atoms with E-state index in [1.807, 2.05) is 26.8 Å².